The summed E-state index contributed by atoms with van der Waals surface area (Å²) in [4.78, 5) is 19.2. The first-order valence-electron chi connectivity index (χ1n) is 9.74. The van der Waals surface area contributed by atoms with Gasteiger partial charge in [0.25, 0.3) is 5.91 Å². The van der Waals surface area contributed by atoms with Crippen LogP contribution in [0.15, 0.2) is 79.1 Å². The van der Waals surface area contributed by atoms with E-state index in [2.05, 4.69) is 4.98 Å². The summed E-state index contributed by atoms with van der Waals surface area (Å²) < 4.78 is 55.9. The van der Waals surface area contributed by atoms with Crippen molar-refractivity contribution in [1.29, 1.82) is 0 Å². The van der Waals surface area contributed by atoms with Crippen molar-refractivity contribution in [3.63, 3.8) is 0 Å². The smallest absolute Gasteiger partial charge is 0.300 e. The van der Waals surface area contributed by atoms with Crippen molar-refractivity contribution < 1.29 is 22.4 Å². The first kappa shape index (κ1) is 20.0. The maximum absolute atomic E-state index is 13.6. The summed E-state index contributed by atoms with van der Waals surface area (Å²) in [7, 11) is 0. The quantitative estimate of drug-likeness (QED) is 0.369. The molecule has 8 heteroatoms. The van der Waals surface area contributed by atoms with Crippen LogP contribution in [0.25, 0.3) is 16.9 Å². The van der Waals surface area contributed by atoms with Crippen LogP contribution in [0.2, 0.25) is 0 Å². The summed E-state index contributed by atoms with van der Waals surface area (Å²) in [5, 5.41) is 0. The molecule has 32 heavy (non-hydrogen) atoms. The number of para-hydroxylation sites is 2. The lowest BCUT2D eigenvalue weighted by molar-refractivity contribution is -0.137. The van der Waals surface area contributed by atoms with E-state index in [-0.39, 0.29) is 6.54 Å². The Balaban J connectivity index is 1.64. The normalized spacial score (nSPS) is 12.9. The van der Waals surface area contributed by atoms with Gasteiger partial charge in [0.05, 0.1) is 40.4 Å². The predicted octanol–water partition coefficient (Wildman–Crippen LogP) is 5.86. The Morgan fingerprint density at radius 1 is 0.875 bits per heavy atom. The van der Waals surface area contributed by atoms with Crippen molar-refractivity contribution in [1.82, 2.24) is 9.55 Å². The zero-order chi connectivity index (χ0) is 22.5. The highest BCUT2D eigenvalue weighted by Crippen LogP contribution is 2.38. The number of benzene rings is 3. The third-order valence-electron chi connectivity index (χ3n) is 5.43. The van der Waals surface area contributed by atoms with Crippen molar-refractivity contribution in [2.24, 2.45) is 0 Å². The second kappa shape index (κ2) is 7.33. The van der Waals surface area contributed by atoms with Crippen LogP contribution in [0.4, 0.5) is 23.2 Å². The number of amides is 1. The fourth-order valence-electron chi connectivity index (χ4n) is 3.96. The zero-order valence-corrected chi connectivity index (χ0v) is 16.5. The highest BCUT2D eigenvalue weighted by molar-refractivity contribution is 6.08. The molecule has 0 spiro atoms. The van der Waals surface area contributed by atoms with Crippen LogP contribution in [0.5, 0.6) is 0 Å². The minimum Gasteiger partial charge on any atom is -0.300 e. The lowest BCUT2D eigenvalue weighted by atomic mass is 10.0. The number of aromatic nitrogens is 2. The van der Waals surface area contributed by atoms with Gasteiger partial charge in [0.2, 0.25) is 0 Å². The Morgan fingerprint density at radius 3 is 2.25 bits per heavy atom. The van der Waals surface area contributed by atoms with Crippen molar-refractivity contribution in [3.05, 3.63) is 102 Å². The van der Waals surface area contributed by atoms with Crippen LogP contribution < -0.4 is 4.90 Å². The van der Waals surface area contributed by atoms with Crippen LogP contribution in [0, 0.1) is 5.82 Å². The maximum atomic E-state index is 13.6. The van der Waals surface area contributed by atoms with E-state index in [0.29, 0.717) is 28.3 Å². The Hall–Kier alpha value is -3.94. The fourth-order valence-corrected chi connectivity index (χ4v) is 3.96. The minimum absolute atomic E-state index is 0.00868. The lowest BCUT2D eigenvalue weighted by Crippen LogP contribution is -2.36. The van der Waals surface area contributed by atoms with E-state index in [0.717, 1.165) is 6.07 Å². The Morgan fingerprint density at radius 2 is 1.53 bits per heavy atom. The van der Waals surface area contributed by atoms with E-state index < -0.39 is 29.0 Å². The van der Waals surface area contributed by atoms with Gasteiger partial charge in [0.1, 0.15) is 12.1 Å². The molecule has 2 heterocycles. The molecule has 3 aromatic carbocycles. The second-order valence-corrected chi connectivity index (χ2v) is 7.34. The van der Waals surface area contributed by atoms with Gasteiger partial charge in [-0.15, -0.1) is 0 Å². The van der Waals surface area contributed by atoms with Gasteiger partial charge in [-0.05, 0) is 48.5 Å². The Bertz CT molecular complexity index is 1330. The summed E-state index contributed by atoms with van der Waals surface area (Å²) in [5.41, 5.74) is 1.47. The maximum Gasteiger partial charge on any atom is 0.417 e. The van der Waals surface area contributed by atoms with Crippen LogP contribution in [-0.4, -0.2) is 15.5 Å². The van der Waals surface area contributed by atoms with E-state index in [1.165, 1.54) is 35.2 Å². The predicted molar refractivity (Wildman–Crippen MR) is 111 cm³/mol. The number of fused-ring (bicyclic) bond motifs is 3. The molecule has 1 amide bonds. The van der Waals surface area contributed by atoms with Gasteiger partial charge in [-0.2, -0.15) is 13.2 Å². The number of halogens is 4. The molecule has 0 aliphatic carbocycles. The molecule has 160 valence electrons. The molecule has 1 aliphatic heterocycles. The molecular weight excluding hydrogens is 422 g/mol. The first-order valence-corrected chi connectivity index (χ1v) is 9.74. The van der Waals surface area contributed by atoms with Crippen LogP contribution >= 0.6 is 0 Å². The van der Waals surface area contributed by atoms with Gasteiger partial charge in [-0.1, -0.05) is 24.3 Å². The summed E-state index contributed by atoms with van der Waals surface area (Å²) in [6.07, 6.45) is -3.07. The molecular formula is C24H15F4N3O. The molecule has 0 unspecified atom stereocenters. The van der Waals surface area contributed by atoms with E-state index in [1.54, 1.807) is 47.3 Å². The number of rotatable bonds is 2. The molecule has 4 aromatic rings. The molecule has 5 rings (SSSR count). The zero-order valence-electron chi connectivity index (χ0n) is 16.5. The van der Waals surface area contributed by atoms with Crippen molar-refractivity contribution in [3.8, 4) is 16.9 Å². The molecule has 0 radical (unpaired) electrons. The number of carbonyl (C=O) groups excluding carboxylic acids is 1. The van der Waals surface area contributed by atoms with Crippen molar-refractivity contribution in [2.45, 2.75) is 12.7 Å². The van der Waals surface area contributed by atoms with Gasteiger partial charge in [-0.25, -0.2) is 9.37 Å². The summed E-state index contributed by atoms with van der Waals surface area (Å²) >= 11 is 0. The van der Waals surface area contributed by atoms with Gasteiger partial charge < -0.3 is 4.90 Å². The lowest BCUT2D eigenvalue weighted by Gasteiger charge is -2.31. The molecule has 1 aromatic heterocycles. The molecule has 0 saturated carbocycles. The Labute approximate surface area is 180 Å². The van der Waals surface area contributed by atoms with Crippen molar-refractivity contribution in [2.75, 3.05) is 4.90 Å². The number of carbonyl (C=O) groups is 1. The highest BCUT2D eigenvalue weighted by Gasteiger charge is 2.37. The molecule has 0 N–H and O–H groups in total. The number of nitrogens with zero attached hydrogens (tertiary/aromatic N) is 3. The number of anilines is 1. The highest BCUT2D eigenvalue weighted by atomic mass is 19.4. The third kappa shape index (κ3) is 3.24. The molecule has 0 saturated heterocycles. The SMILES string of the molecule is O=C(c1ccccc1C(F)(F)F)N1Cc2c(-c3ccc(F)cc3)ncn2-c2ccccc21. The Kier molecular flexibility index (Phi) is 4.58. The number of imidazole rings is 1. The average Bonchev–Trinajstić information content (AvgIpc) is 3.22. The van der Waals surface area contributed by atoms with Gasteiger partial charge in [-0.3, -0.25) is 9.36 Å². The number of alkyl halides is 3. The standard InChI is InChI=1S/C24H15F4N3O/c25-16-11-9-15(10-12-16)22-21-13-30(19-7-3-4-8-20(19)31(21)14-29-22)23(32)17-5-1-2-6-18(17)24(26,27)28/h1-12,14H,13H2. The number of hydrogen-bond acceptors (Lipinski definition) is 2. The summed E-state index contributed by atoms with van der Waals surface area (Å²) in [6.45, 7) is 0.00868. The van der Waals surface area contributed by atoms with Gasteiger partial charge in [0, 0.05) is 5.56 Å². The number of hydrogen-bond donors (Lipinski definition) is 0. The van der Waals surface area contributed by atoms with Crippen LogP contribution in [0.1, 0.15) is 21.6 Å². The molecule has 1 aliphatic rings. The third-order valence-corrected chi connectivity index (χ3v) is 5.43. The molecule has 0 atom stereocenters. The second-order valence-electron chi connectivity index (χ2n) is 7.34. The fraction of sp³-hybridized carbons (Fsp3) is 0.0833. The van der Waals surface area contributed by atoms with Gasteiger partial charge >= 0.3 is 6.18 Å². The van der Waals surface area contributed by atoms with E-state index in [9.17, 15) is 22.4 Å². The summed E-state index contributed by atoms with van der Waals surface area (Å²) in [5.74, 6) is -1.16. The van der Waals surface area contributed by atoms with E-state index in [1.807, 2.05) is 0 Å². The van der Waals surface area contributed by atoms with E-state index in [4.69, 9.17) is 0 Å². The molecule has 4 nitrogen and oxygen atoms in total. The first-order chi connectivity index (χ1) is 15.3. The average molecular weight is 437 g/mol. The molecule has 0 bridgehead atoms. The molecule has 0 fully saturated rings. The van der Waals surface area contributed by atoms with Gasteiger partial charge in [0.15, 0.2) is 0 Å². The van der Waals surface area contributed by atoms with Crippen LogP contribution in [-0.2, 0) is 12.7 Å². The topological polar surface area (TPSA) is 38.1 Å². The van der Waals surface area contributed by atoms with E-state index >= 15 is 0 Å². The van der Waals surface area contributed by atoms with Crippen molar-refractivity contribution >= 4 is 11.6 Å². The largest absolute Gasteiger partial charge is 0.417 e. The monoisotopic (exact) mass is 437 g/mol. The van der Waals surface area contributed by atoms with Crippen LogP contribution in [0.3, 0.4) is 0 Å². The summed E-state index contributed by atoms with van der Waals surface area (Å²) in [6, 6.07) is 17.5. The minimum atomic E-state index is -4.66.